The van der Waals surface area contributed by atoms with Crippen molar-refractivity contribution < 1.29 is 18.7 Å². The highest BCUT2D eigenvalue weighted by atomic mass is 32.1. The minimum absolute atomic E-state index is 0.307. The standard InChI is InChI=1S/C23H23NO4S/c1-13-5-8-18-15(10-13)12-16(28-18)6-9-20(25)24-22-21(23(26)27-3)17-7-4-14(2)11-19(17)29-22/h5-6,8-10,12,14H,4,7,11H2,1-3H3,(H,24,25). The molecule has 0 saturated carbocycles. The Morgan fingerprint density at radius 1 is 1.31 bits per heavy atom. The van der Waals surface area contributed by atoms with Crippen LogP contribution in [0.15, 0.2) is 34.8 Å². The number of fused-ring (bicyclic) bond motifs is 2. The lowest BCUT2D eigenvalue weighted by molar-refractivity contribution is -0.111. The third-order valence-electron chi connectivity index (χ3n) is 5.23. The van der Waals surface area contributed by atoms with Crippen molar-refractivity contribution in [2.24, 2.45) is 5.92 Å². The molecule has 2 aromatic heterocycles. The van der Waals surface area contributed by atoms with Crippen LogP contribution >= 0.6 is 11.3 Å². The van der Waals surface area contributed by atoms with Crippen LogP contribution in [0.1, 0.15) is 45.5 Å². The molecule has 0 spiro atoms. The van der Waals surface area contributed by atoms with Crippen molar-refractivity contribution in [2.75, 3.05) is 12.4 Å². The van der Waals surface area contributed by atoms with Crippen molar-refractivity contribution >= 4 is 45.3 Å². The summed E-state index contributed by atoms with van der Waals surface area (Å²) in [6.07, 6.45) is 5.85. The summed E-state index contributed by atoms with van der Waals surface area (Å²) in [5.74, 6) is 0.475. The number of carbonyl (C=O) groups excluding carboxylic acids is 2. The van der Waals surface area contributed by atoms with E-state index in [0.29, 0.717) is 22.2 Å². The molecule has 0 radical (unpaired) electrons. The van der Waals surface area contributed by atoms with Crippen molar-refractivity contribution in [3.05, 3.63) is 57.7 Å². The molecule has 1 N–H and O–H groups in total. The maximum Gasteiger partial charge on any atom is 0.341 e. The largest absolute Gasteiger partial charge is 0.465 e. The van der Waals surface area contributed by atoms with Gasteiger partial charge in [-0.25, -0.2) is 4.79 Å². The Labute approximate surface area is 173 Å². The van der Waals surface area contributed by atoms with Crippen LogP contribution in [-0.4, -0.2) is 19.0 Å². The molecule has 1 unspecified atom stereocenters. The maximum absolute atomic E-state index is 12.5. The van der Waals surface area contributed by atoms with Crippen LogP contribution < -0.4 is 5.32 Å². The van der Waals surface area contributed by atoms with Crippen molar-refractivity contribution in [3.8, 4) is 0 Å². The number of esters is 1. The molecular formula is C23H23NO4S. The molecule has 6 heteroatoms. The molecule has 29 heavy (non-hydrogen) atoms. The number of thiophene rings is 1. The topological polar surface area (TPSA) is 68.5 Å². The highest BCUT2D eigenvalue weighted by molar-refractivity contribution is 7.17. The molecule has 0 bridgehead atoms. The van der Waals surface area contributed by atoms with E-state index < -0.39 is 5.97 Å². The molecule has 5 nitrogen and oxygen atoms in total. The van der Waals surface area contributed by atoms with Gasteiger partial charge in [0, 0.05) is 16.3 Å². The van der Waals surface area contributed by atoms with E-state index in [1.165, 1.54) is 24.5 Å². The van der Waals surface area contributed by atoms with E-state index in [2.05, 4.69) is 12.2 Å². The summed E-state index contributed by atoms with van der Waals surface area (Å²) < 4.78 is 10.7. The molecule has 150 valence electrons. The summed E-state index contributed by atoms with van der Waals surface area (Å²) in [6.45, 7) is 4.23. The van der Waals surface area contributed by atoms with Crippen LogP contribution in [0.25, 0.3) is 17.0 Å². The number of ether oxygens (including phenoxy) is 1. The quantitative estimate of drug-likeness (QED) is 0.465. The van der Waals surface area contributed by atoms with Gasteiger partial charge >= 0.3 is 5.97 Å². The molecule has 0 aliphatic heterocycles. The highest BCUT2D eigenvalue weighted by Crippen LogP contribution is 2.40. The minimum atomic E-state index is -0.399. The number of amides is 1. The molecule has 4 rings (SSSR count). The van der Waals surface area contributed by atoms with E-state index in [9.17, 15) is 9.59 Å². The summed E-state index contributed by atoms with van der Waals surface area (Å²) in [4.78, 5) is 26.0. The van der Waals surface area contributed by atoms with Crippen LogP contribution in [0.2, 0.25) is 0 Å². The number of benzene rings is 1. The van der Waals surface area contributed by atoms with Gasteiger partial charge in [0.05, 0.1) is 12.7 Å². The molecule has 0 saturated heterocycles. The Bertz CT molecular complexity index is 1120. The Kier molecular flexibility index (Phi) is 5.28. The summed E-state index contributed by atoms with van der Waals surface area (Å²) in [7, 11) is 1.37. The van der Waals surface area contributed by atoms with Gasteiger partial charge in [0.25, 0.3) is 0 Å². The average molecular weight is 410 g/mol. The number of hydrogen-bond acceptors (Lipinski definition) is 5. The van der Waals surface area contributed by atoms with Crippen LogP contribution in [0.5, 0.6) is 0 Å². The molecule has 0 fully saturated rings. The predicted octanol–water partition coefficient (Wildman–Crippen LogP) is 5.37. The van der Waals surface area contributed by atoms with Crippen LogP contribution in [0.4, 0.5) is 5.00 Å². The predicted molar refractivity (Wildman–Crippen MR) is 115 cm³/mol. The average Bonchev–Trinajstić information content (AvgIpc) is 3.25. The van der Waals surface area contributed by atoms with Crippen molar-refractivity contribution in [1.82, 2.24) is 0 Å². The fourth-order valence-corrected chi connectivity index (χ4v) is 5.14. The van der Waals surface area contributed by atoms with Crippen LogP contribution in [0, 0.1) is 12.8 Å². The number of furan rings is 1. The Hall–Kier alpha value is -2.86. The summed E-state index contributed by atoms with van der Waals surface area (Å²) in [5, 5.41) is 4.42. The summed E-state index contributed by atoms with van der Waals surface area (Å²) >= 11 is 1.47. The Balaban J connectivity index is 1.55. The van der Waals surface area contributed by atoms with E-state index in [0.717, 1.165) is 46.2 Å². The molecule has 3 aromatic rings. The first-order chi connectivity index (χ1) is 13.9. The number of nitrogens with one attached hydrogen (secondary N) is 1. The molecular weight excluding hydrogens is 386 g/mol. The highest BCUT2D eigenvalue weighted by Gasteiger charge is 2.28. The van der Waals surface area contributed by atoms with Crippen molar-refractivity contribution in [1.29, 1.82) is 0 Å². The first kappa shape index (κ1) is 19.5. The van der Waals surface area contributed by atoms with Crippen LogP contribution in [0.3, 0.4) is 0 Å². The Morgan fingerprint density at radius 2 is 2.14 bits per heavy atom. The number of methoxy groups -OCH3 is 1. The van der Waals surface area contributed by atoms with E-state index >= 15 is 0 Å². The second-order valence-corrected chi connectivity index (χ2v) is 8.67. The van der Waals surface area contributed by atoms with Gasteiger partial charge < -0.3 is 14.5 Å². The van der Waals surface area contributed by atoms with Gasteiger partial charge in [-0.3, -0.25) is 4.79 Å². The number of hydrogen-bond donors (Lipinski definition) is 1. The second-order valence-electron chi connectivity index (χ2n) is 7.56. The lowest BCUT2D eigenvalue weighted by atomic mass is 9.88. The third kappa shape index (κ3) is 3.98. The fourth-order valence-electron chi connectivity index (χ4n) is 3.73. The number of carbonyl (C=O) groups is 2. The van der Waals surface area contributed by atoms with E-state index in [1.54, 1.807) is 6.08 Å². The minimum Gasteiger partial charge on any atom is -0.465 e. The molecule has 1 aliphatic carbocycles. The normalized spacial score (nSPS) is 16.2. The molecule has 1 aromatic carbocycles. The molecule has 2 heterocycles. The zero-order chi connectivity index (χ0) is 20.5. The van der Waals surface area contributed by atoms with Gasteiger partial charge in [-0.2, -0.15) is 0 Å². The Morgan fingerprint density at radius 3 is 2.93 bits per heavy atom. The zero-order valence-electron chi connectivity index (χ0n) is 16.7. The van der Waals surface area contributed by atoms with Gasteiger partial charge in [-0.05, 0) is 61.9 Å². The van der Waals surface area contributed by atoms with Gasteiger partial charge in [0.15, 0.2) is 0 Å². The number of anilines is 1. The van der Waals surface area contributed by atoms with Gasteiger partial charge in [-0.1, -0.05) is 18.6 Å². The van der Waals surface area contributed by atoms with Gasteiger partial charge in [0.2, 0.25) is 5.91 Å². The maximum atomic E-state index is 12.5. The van der Waals surface area contributed by atoms with E-state index in [1.807, 2.05) is 31.2 Å². The zero-order valence-corrected chi connectivity index (χ0v) is 17.5. The first-order valence-corrected chi connectivity index (χ1v) is 10.5. The lowest BCUT2D eigenvalue weighted by Gasteiger charge is -2.18. The summed E-state index contributed by atoms with van der Waals surface area (Å²) in [6, 6.07) is 7.84. The molecule has 1 aliphatic rings. The fraction of sp³-hybridized carbons (Fsp3) is 0.304. The van der Waals surface area contributed by atoms with E-state index in [4.69, 9.17) is 9.15 Å². The number of aryl methyl sites for hydroxylation is 1. The second kappa shape index (κ2) is 7.87. The van der Waals surface area contributed by atoms with Crippen molar-refractivity contribution in [3.63, 3.8) is 0 Å². The van der Waals surface area contributed by atoms with E-state index in [-0.39, 0.29) is 5.91 Å². The van der Waals surface area contributed by atoms with Crippen molar-refractivity contribution in [2.45, 2.75) is 33.1 Å². The smallest absolute Gasteiger partial charge is 0.341 e. The number of rotatable bonds is 4. The lowest BCUT2D eigenvalue weighted by Crippen LogP contribution is -2.14. The van der Waals surface area contributed by atoms with Gasteiger partial charge in [-0.15, -0.1) is 11.3 Å². The molecule has 1 atom stereocenters. The first-order valence-electron chi connectivity index (χ1n) is 9.66. The van der Waals surface area contributed by atoms with Gasteiger partial charge in [0.1, 0.15) is 16.3 Å². The monoisotopic (exact) mass is 409 g/mol. The molecule has 1 amide bonds. The summed E-state index contributed by atoms with van der Waals surface area (Å²) in [5.41, 5.74) is 3.45. The SMILES string of the molecule is COC(=O)c1c(NC(=O)C=Cc2cc3cc(C)ccc3o2)sc2c1CCC(C)C2. The van der Waals surface area contributed by atoms with Crippen LogP contribution in [-0.2, 0) is 22.4 Å². The third-order valence-corrected chi connectivity index (χ3v) is 6.40.